The number of aromatic nitrogens is 1. The number of nitrogens with one attached hydrogen (secondary N) is 1. The summed E-state index contributed by atoms with van der Waals surface area (Å²) < 4.78 is 0. The third-order valence-electron chi connectivity index (χ3n) is 2.90. The zero-order chi connectivity index (χ0) is 13.7. The van der Waals surface area contributed by atoms with E-state index in [-0.39, 0.29) is 5.91 Å². The van der Waals surface area contributed by atoms with Crippen molar-refractivity contribution < 1.29 is 4.79 Å². The Hall–Kier alpha value is -1.75. The SMILES string of the molecule is CN(C)C(=O)CNCc1cc(C=NC2CC2)ccn1. The van der Waals surface area contributed by atoms with Crippen molar-refractivity contribution in [3.8, 4) is 0 Å². The molecule has 102 valence electrons. The standard InChI is InChI=1S/C14H20N4O/c1-18(2)14(19)10-15-9-13-7-11(5-6-16-13)8-17-12-3-4-12/h5-8,12,15H,3-4,9-10H2,1-2H3. The molecule has 0 radical (unpaired) electrons. The Kier molecular flexibility index (Phi) is 4.63. The predicted octanol–water partition coefficient (Wildman–Crippen LogP) is 0.841. The van der Waals surface area contributed by atoms with Crippen LogP contribution in [-0.2, 0) is 11.3 Å². The van der Waals surface area contributed by atoms with E-state index in [1.807, 2.05) is 18.3 Å². The molecule has 1 fully saturated rings. The van der Waals surface area contributed by atoms with Crippen molar-refractivity contribution in [2.75, 3.05) is 20.6 Å². The minimum atomic E-state index is 0.0615. The number of likely N-dealkylation sites (N-methyl/N-ethyl adjacent to an activating group) is 1. The summed E-state index contributed by atoms with van der Waals surface area (Å²) in [5, 5.41) is 3.09. The summed E-state index contributed by atoms with van der Waals surface area (Å²) in [7, 11) is 3.49. The Morgan fingerprint density at radius 3 is 3.05 bits per heavy atom. The van der Waals surface area contributed by atoms with Crippen LogP contribution < -0.4 is 5.32 Å². The van der Waals surface area contributed by atoms with E-state index >= 15 is 0 Å². The number of carbonyl (C=O) groups excluding carboxylic acids is 1. The Morgan fingerprint density at radius 1 is 1.58 bits per heavy atom. The quantitative estimate of drug-likeness (QED) is 0.771. The van der Waals surface area contributed by atoms with E-state index in [1.54, 1.807) is 25.2 Å². The molecule has 1 aromatic heterocycles. The molecule has 1 aliphatic rings. The van der Waals surface area contributed by atoms with Crippen LogP contribution in [0.25, 0.3) is 0 Å². The Labute approximate surface area is 113 Å². The summed E-state index contributed by atoms with van der Waals surface area (Å²) >= 11 is 0. The molecule has 2 rings (SSSR count). The zero-order valence-electron chi connectivity index (χ0n) is 11.5. The van der Waals surface area contributed by atoms with Crippen molar-refractivity contribution in [2.45, 2.75) is 25.4 Å². The maximum atomic E-state index is 11.4. The highest BCUT2D eigenvalue weighted by molar-refractivity contribution is 5.80. The first-order valence-electron chi connectivity index (χ1n) is 6.54. The number of pyridine rings is 1. The first kappa shape index (κ1) is 13.7. The molecule has 0 saturated heterocycles. The molecule has 0 aromatic carbocycles. The molecule has 19 heavy (non-hydrogen) atoms. The Balaban J connectivity index is 1.82. The molecule has 0 atom stereocenters. The van der Waals surface area contributed by atoms with Gasteiger partial charge in [0.2, 0.25) is 5.91 Å². The Bertz CT molecular complexity index is 466. The van der Waals surface area contributed by atoms with Crippen LogP contribution in [0.5, 0.6) is 0 Å². The molecule has 1 saturated carbocycles. The fourth-order valence-electron chi connectivity index (χ4n) is 1.54. The molecule has 5 nitrogen and oxygen atoms in total. The van der Waals surface area contributed by atoms with Crippen LogP contribution in [0.4, 0.5) is 0 Å². The molecule has 1 heterocycles. The Morgan fingerprint density at radius 2 is 2.37 bits per heavy atom. The normalized spacial score (nSPS) is 14.8. The van der Waals surface area contributed by atoms with Gasteiger partial charge < -0.3 is 10.2 Å². The van der Waals surface area contributed by atoms with Crippen LogP contribution in [0, 0.1) is 0 Å². The lowest BCUT2D eigenvalue weighted by atomic mass is 10.2. The minimum absolute atomic E-state index is 0.0615. The fourth-order valence-corrected chi connectivity index (χ4v) is 1.54. The molecule has 1 amide bonds. The number of hydrogen-bond donors (Lipinski definition) is 1. The number of hydrogen-bond acceptors (Lipinski definition) is 4. The van der Waals surface area contributed by atoms with Crippen LogP contribution in [-0.4, -0.2) is 48.7 Å². The molecule has 0 spiro atoms. The number of nitrogens with zero attached hydrogens (tertiary/aromatic N) is 3. The van der Waals surface area contributed by atoms with Gasteiger partial charge in [-0.05, 0) is 30.5 Å². The lowest BCUT2D eigenvalue weighted by Gasteiger charge is -2.10. The zero-order valence-corrected chi connectivity index (χ0v) is 11.5. The average molecular weight is 260 g/mol. The molecule has 1 N–H and O–H groups in total. The van der Waals surface area contributed by atoms with Gasteiger partial charge in [-0.1, -0.05) is 0 Å². The van der Waals surface area contributed by atoms with Gasteiger partial charge in [0, 0.05) is 33.1 Å². The smallest absolute Gasteiger partial charge is 0.236 e. The van der Waals surface area contributed by atoms with Crippen molar-refractivity contribution >= 4 is 12.1 Å². The van der Waals surface area contributed by atoms with Crippen molar-refractivity contribution in [3.63, 3.8) is 0 Å². The lowest BCUT2D eigenvalue weighted by Crippen LogP contribution is -2.32. The van der Waals surface area contributed by atoms with Gasteiger partial charge in [0.1, 0.15) is 0 Å². The molecule has 1 aliphatic carbocycles. The fraction of sp³-hybridized carbons (Fsp3) is 0.500. The van der Waals surface area contributed by atoms with E-state index in [0.717, 1.165) is 11.3 Å². The average Bonchev–Trinajstić information content (AvgIpc) is 3.20. The van der Waals surface area contributed by atoms with Gasteiger partial charge in [-0.2, -0.15) is 0 Å². The van der Waals surface area contributed by atoms with Crippen LogP contribution in [0.3, 0.4) is 0 Å². The highest BCUT2D eigenvalue weighted by Gasteiger charge is 2.18. The van der Waals surface area contributed by atoms with E-state index in [4.69, 9.17) is 0 Å². The number of rotatable bonds is 6. The van der Waals surface area contributed by atoms with Crippen LogP contribution >= 0.6 is 0 Å². The van der Waals surface area contributed by atoms with Crippen molar-refractivity contribution in [1.29, 1.82) is 0 Å². The van der Waals surface area contributed by atoms with E-state index in [0.29, 0.717) is 19.1 Å². The van der Waals surface area contributed by atoms with Crippen molar-refractivity contribution in [3.05, 3.63) is 29.6 Å². The van der Waals surface area contributed by atoms with Crippen molar-refractivity contribution in [1.82, 2.24) is 15.2 Å². The summed E-state index contributed by atoms with van der Waals surface area (Å²) in [5.74, 6) is 0.0615. The summed E-state index contributed by atoms with van der Waals surface area (Å²) in [6, 6.07) is 4.48. The summed E-state index contributed by atoms with van der Waals surface area (Å²) in [4.78, 5) is 21.7. The molecule has 0 unspecified atom stereocenters. The molecule has 0 aliphatic heterocycles. The topological polar surface area (TPSA) is 57.6 Å². The largest absolute Gasteiger partial charge is 0.348 e. The maximum absolute atomic E-state index is 11.4. The molecular weight excluding hydrogens is 240 g/mol. The minimum Gasteiger partial charge on any atom is -0.348 e. The summed E-state index contributed by atoms with van der Waals surface area (Å²) in [6.07, 6.45) is 6.11. The highest BCUT2D eigenvalue weighted by atomic mass is 16.2. The third kappa shape index (κ3) is 4.79. The number of amides is 1. The first-order valence-corrected chi connectivity index (χ1v) is 6.54. The predicted molar refractivity (Wildman–Crippen MR) is 75.3 cm³/mol. The van der Waals surface area contributed by atoms with E-state index < -0.39 is 0 Å². The number of aliphatic imine (C=N–C) groups is 1. The number of carbonyl (C=O) groups is 1. The van der Waals surface area contributed by atoms with Gasteiger partial charge in [0.15, 0.2) is 0 Å². The second kappa shape index (κ2) is 6.43. The van der Waals surface area contributed by atoms with E-state index in [9.17, 15) is 4.79 Å². The first-order chi connectivity index (χ1) is 9.15. The summed E-state index contributed by atoms with van der Waals surface area (Å²) in [5.41, 5.74) is 1.99. The van der Waals surface area contributed by atoms with Crippen molar-refractivity contribution in [2.24, 2.45) is 4.99 Å². The molecule has 1 aromatic rings. The maximum Gasteiger partial charge on any atom is 0.236 e. The molecule has 5 heteroatoms. The van der Waals surface area contributed by atoms with Crippen LogP contribution in [0.1, 0.15) is 24.1 Å². The lowest BCUT2D eigenvalue weighted by molar-refractivity contribution is -0.127. The van der Waals surface area contributed by atoms with Gasteiger partial charge >= 0.3 is 0 Å². The van der Waals surface area contributed by atoms with Gasteiger partial charge in [0.25, 0.3) is 0 Å². The van der Waals surface area contributed by atoms with Crippen LogP contribution in [0.2, 0.25) is 0 Å². The third-order valence-corrected chi connectivity index (χ3v) is 2.90. The van der Waals surface area contributed by atoms with Gasteiger partial charge in [-0.15, -0.1) is 0 Å². The van der Waals surface area contributed by atoms with Gasteiger partial charge in [-0.3, -0.25) is 14.8 Å². The highest BCUT2D eigenvalue weighted by Crippen LogP contribution is 2.23. The second-order valence-corrected chi connectivity index (χ2v) is 4.98. The summed E-state index contributed by atoms with van der Waals surface area (Å²) in [6.45, 7) is 0.916. The van der Waals surface area contributed by atoms with E-state index in [2.05, 4.69) is 15.3 Å². The molecular formula is C14H20N4O. The van der Waals surface area contributed by atoms with Gasteiger partial charge in [-0.25, -0.2) is 0 Å². The van der Waals surface area contributed by atoms with Crippen LogP contribution in [0.15, 0.2) is 23.3 Å². The van der Waals surface area contributed by atoms with Gasteiger partial charge in [0.05, 0.1) is 18.3 Å². The monoisotopic (exact) mass is 260 g/mol. The molecule has 0 bridgehead atoms. The second-order valence-electron chi connectivity index (χ2n) is 4.98. The van der Waals surface area contributed by atoms with E-state index in [1.165, 1.54) is 12.8 Å².